The number of rotatable bonds is 2. The molecule has 19 heavy (non-hydrogen) atoms. The summed E-state index contributed by atoms with van der Waals surface area (Å²) in [7, 11) is 0. The summed E-state index contributed by atoms with van der Waals surface area (Å²) >= 11 is 1.54. The van der Waals surface area contributed by atoms with E-state index in [1.54, 1.807) is 6.92 Å². The van der Waals surface area contributed by atoms with Gasteiger partial charge in [-0.1, -0.05) is 5.21 Å². The summed E-state index contributed by atoms with van der Waals surface area (Å²) in [5.74, 6) is -0.583. The van der Waals surface area contributed by atoms with E-state index >= 15 is 0 Å². The van der Waals surface area contributed by atoms with Crippen LogP contribution in [0.2, 0.25) is 0 Å². The Hall–Kier alpha value is -1.76. The number of primary amides is 1. The van der Waals surface area contributed by atoms with E-state index in [1.165, 1.54) is 16.2 Å². The Bertz CT molecular complexity index is 718. The zero-order chi connectivity index (χ0) is 13.6. The zero-order valence-electron chi connectivity index (χ0n) is 10.5. The van der Waals surface area contributed by atoms with Crippen molar-refractivity contribution in [3.8, 4) is 0 Å². The Labute approximate surface area is 113 Å². The number of hydrogen-bond donors (Lipinski definition) is 1. The van der Waals surface area contributed by atoms with E-state index in [9.17, 15) is 9.59 Å². The summed E-state index contributed by atoms with van der Waals surface area (Å²) in [4.78, 5) is 25.6. The molecule has 6 nitrogen and oxygen atoms in total. The van der Waals surface area contributed by atoms with Crippen LogP contribution in [0.15, 0.2) is 4.79 Å². The van der Waals surface area contributed by atoms with Crippen molar-refractivity contribution in [1.82, 2.24) is 15.0 Å². The Morgan fingerprint density at radius 3 is 2.89 bits per heavy atom. The second-order valence-corrected chi connectivity index (χ2v) is 5.89. The van der Waals surface area contributed by atoms with E-state index in [0.717, 1.165) is 35.9 Å². The number of thiophene rings is 1. The van der Waals surface area contributed by atoms with Crippen molar-refractivity contribution in [2.45, 2.75) is 38.6 Å². The molecule has 2 aromatic heterocycles. The fourth-order valence-corrected chi connectivity index (χ4v) is 3.66. The van der Waals surface area contributed by atoms with Crippen molar-refractivity contribution in [3.05, 3.63) is 20.8 Å². The predicted octanol–water partition coefficient (Wildman–Crippen LogP) is 0.778. The lowest BCUT2D eigenvalue weighted by molar-refractivity contribution is -0.121. The largest absolute Gasteiger partial charge is 0.368 e. The van der Waals surface area contributed by atoms with Crippen LogP contribution >= 0.6 is 11.3 Å². The lowest BCUT2D eigenvalue weighted by atomic mass is 9.97. The quantitative estimate of drug-likeness (QED) is 0.878. The molecule has 2 aromatic rings. The van der Waals surface area contributed by atoms with Crippen molar-refractivity contribution in [1.29, 1.82) is 0 Å². The lowest BCUT2D eigenvalue weighted by Crippen LogP contribution is -2.34. The molecule has 0 radical (unpaired) electrons. The standard InChI is InChI=1S/C12H14N4O2S/c1-6(10(13)17)16-12(18)9-7-4-2-3-5-8(7)19-11(9)14-15-16/h6H,2-5H2,1H3,(H2,13,17). The van der Waals surface area contributed by atoms with Gasteiger partial charge in [0.25, 0.3) is 5.56 Å². The van der Waals surface area contributed by atoms with E-state index in [0.29, 0.717) is 10.2 Å². The summed E-state index contributed by atoms with van der Waals surface area (Å²) in [6.07, 6.45) is 4.15. The molecule has 2 heterocycles. The van der Waals surface area contributed by atoms with Crippen molar-refractivity contribution in [2.24, 2.45) is 5.73 Å². The average Bonchev–Trinajstić information content (AvgIpc) is 2.77. The first kappa shape index (κ1) is 12.3. The molecule has 1 aliphatic carbocycles. The molecule has 100 valence electrons. The van der Waals surface area contributed by atoms with Gasteiger partial charge in [-0.3, -0.25) is 9.59 Å². The number of amides is 1. The van der Waals surface area contributed by atoms with Gasteiger partial charge < -0.3 is 5.73 Å². The van der Waals surface area contributed by atoms with Gasteiger partial charge >= 0.3 is 0 Å². The number of aryl methyl sites for hydroxylation is 2. The van der Waals surface area contributed by atoms with Gasteiger partial charge in [0.05, 0.1) is 5.39 Å². The first-order chi connectivity index (χ1) is 9.09. The molecular formula is C12H14N4O2S. The summed E-state index contributed by atoms with van der Waals surface area (Å²) in [6, 6.07) is -0.774. The Kier molecular flexibility index (Phi) is 2.85. The molecule has 0 spiro atoms. The fraction of sp³-hybridized carbons (Fsp3) is 0.500. The Morgan fingerprint density at radius 2 is 2.16 bits per heavy atom. The maximum Gasteiger partial charge on any atom is 0.279 e. The molecule has 0 aromatic carbocycles. The molecule has 3 rings (SSSR count). The smallest absolute Gasteiger partial charge is 0.279 e. The SMILES string of the molecule is CC(C(N)=O)n1nnc2sc3c(c2c1=O)CCCC3. The number of aromatic nitrogens is 3. The fourth-order valence-electron chi connectivity index (χ4n) is 2.46. The van der Waals surface area contributed by atoms with Gasteiger partial charge in [-0.15, -0.1) is 16.4 Å². The average molecular weight is 278 g/mol. The van der Waals surface area contributed by atoms with Gasteiger partial charge in [0.1, 0.15) is 6.04 Å². The van der Waals surface area contributed by atoms with Gasteiger partial charge in [-0.05, 0) is 38.2 Å². The monoisotopic (exact) mass is 278 g/mol. The van der Waals surface area contributed by atoms with Crippen LogP contribution in [-0.2, 0) is 17.6 Å². The van der Waals surface area contributed by atoms with Crippen LogP contribution in [0.25, 0.3) is 10.2 Å². The minimum Gasteiger partial charge on any atom is -0.368 e. The Balaban J connectivity index is 2.26. The summed E-state index contributed by atoms with van der Waals surface area (Å²) in [6.45, 7) is 1.56. The third-order valence-corrected chi connectivity index (χ3v) is 4.76. The maximum absolute atomic E-state index is 12.5. The van der Waals surface area contributed by atoms with Crippen LogP contribution in [0.5, 0.6) is 0 Å². The van der Waals surface area contributed by atoms with Crippen molar-refractivity contribution in [3.63, 3.8) is 0 Å². The van der Waals surface area contributed by atoms with Gasteiger partial charge in [0.2, 0.25) is 5.91 Å². The first-order valence-electron chi connectivity index (χ1n) is 6.28. The molecule has 0 fully saturated rings. The van der Waals surface area contributed by atoms with Crippen molar-refractivity contribution in [2.75, 3.05) is 0 Å². The number of hydrogen-bond acceptors (Lipinski definition) is 5. The Morgan fingerprint density at radius 1 is 1.42 bits per heavy atom. The first-order valence-corrected chi connectivity index (χ1v) is 7.10. The number of carbonyl (C=O) groups is 1. The van der Waals surface area contributed by atoms with E-state index in [4.69, 9.17) is 5.73 Å². The number of nitrogens with two attached hydrogens (primary N) is 1. The summed E-state index contributed by atoms with van der Waals surface area (Å²) in [5, 5.41) is 8.54. The molecule has 0 aliphatic heterocycles. The van der Waals surface area contributed by atoms with Gasteiger partial charge in [0, 0.05) is 4.88 Å². The van der Waals surface area contributed by atoms with Gasteiger partial charge in [0.15, 0.2) is 4.83 Å². The van der Waals surface area contributed by atoms with Crippen LogP contribution < -0.4 is 11.3 Å². The third-order valence-electron chi connectivity index (χ3n) is 3.59. The van der Waals surface area contributed by atoms with E-state index < -0.39 is 11.9 Å². The van der Waals surface area contributed by atoms with Crippen LogP contribution in [-0.4, -0.2) is 20.9 Å². The topological polar surface area (TPSA) is 90.9 Å². The second-order valence-electron chi connectivity index (χ2n) is 4.81. The zero-order valence-corrected chi connectivity index (χ0v) is 11.4. The number of carbonyl (C=O) groups excluding carboxylic acids is 1. The highest BCUT2D eigenvalue weighted by Gasteiger charge is 2.23. The van der Waals surface area contributed by atoms with E-state index in [-0.39, 0.29) is 5.56 Å². The molecule has 0 saturated carbocycles. The molecule has 0 bridgehead atoms. The highest BCUT2D eigenvalue weighted by atomic mass is 32.1. The van der Waals surface area contributed by atoms with Crippen LogP contribution in [0.4, 0.5) is 0 Å². The molecule has 1 unspecified atom stereocenters. The van der Waals surface area contributed by atoms with Gasteiger partial charge in [-0.25, -0.2) is 0 Å². The molecule has 2 N–H and O–H groups in total. The van der Waals surface area contributed by atoms with E-state index in [2.05, 4.69) is 10.3 Å². The lowest BCUT2D eigenvalue weighted by Gasteiger charge is -2.11. The number of fused-ring (bicyclic) bond motifs is 3. The molecular weight excluding hydrogens is 264 g/mol. The second kappa shape index (κ2) is 4.41. The molecule has 1 atom stereocenters. The molecule has 0 saturated heterocycles. The van der Waals surface area contributed by atoms with Crippen molar-refractivity contribution >= 4 is 27.5 Å². The summed E-state index contributed by atoms with van der Waals surface area (Å²) < 4.78 is 1.09. The summed E-state index contributed by atoms with van der Waals surface area (Å²) in [5.41, 5.74) is 6.07. The molecule has 7 heteroatoms. The maximum atomic E-state index is 12.5. The third kappa shape index (κ3) is 1.85. The highest BCUT2D eigenvalue weighted by molar-refractivity contribution is 7.18. The highest BCUT2D eigenvalue weighted by Crippen LogP contribution is 2.33. The minimum atomic E-state index is -0.774. The van der Waals surface area contributed by atoms with Gasteiger partial charge in [-0.2, -0.15) is 4.68 Å². The normalized spacial score (nSPS) is 16.3. The van der Waals surface area contributed by atoms with Crippen LogP contribution in [0.3, 0.4) is 0 Å². The van der Waals surface area contributed by atoms with E-state index in [1.807, 2.05) is 0 Å². The number of nitrogens with zero attached hydrogens (tertiary/aromatic N) is 3. The molecule has 1 amide bonds. The predicted molar refractivity (Wildman–Crippen MR) is 72.2 cm³/mol. The van der Waals surface area contributed by atoms with Crippen molar-refractivity contribution < 1.29 is 4.79 Å². The van der Waals surface area contributed by atoms with Crippen LogP contribution in [0, 0.1) is 0 Å². The van der Waals surface area contributed by atoms with Crippen LogP contribution in [0.1, 0.15) is 36.2 Å². The minimum absolute atomic E-state index is 0.254. The molecule has 1 aliphatic rings.